The Kier molecular flexibility index (Phi) is 3.25. The molecule has 2 aromatic carbocycles. The highest BCUT2D eigenvalue weighted by atomic mass is 16.3. The molecule has 0 radical (unpaired) electrons. The van der Waals surface area contributed by atoms with Crippen LogP contribution in [0.1, 0.15) is 23.1 Å². The number of H-pyrrole nitrogens is 1. The fraction of sp³-hybridized carbons (Fsp3) is 0.263. The van der Waals surface area contributed by atoms with Crippen LogP contribution in [0, 0.1) is 0 Å². The lowest BCUT2D eigenvalue weighted by molar-refractivity contribution is 0.159. The number of nitrogens with one attached hydrogen (secondary N) is 2. The third kappa shape index (κ3) is 2.05. The molecule has 0 fully saturated rings. The van der Waals surface area contributed by atoms with Crippen LogP contribution in [0.25, 0.3) is 10.9 Å². The molecule has 3 nitrogen and oxygen atoms in total. The number of aryl methyl sites for hydroxylation is 1. The van der Waals surface area contributed by atoms with Crippen molar-refractivity contribution in [1.29, 1.82) is 0 Å². The number of aromatic nitrogens is 1. The lowest BCUT2D eigenvalue weighted by Gasteiger charge is -2.30. The largest absolute Gasteiger partial charge is 0.394 e. The summed E-state index contributed by atoms with van der Waals surface area (Å²) < 4.78 is 0. The second kappa shape index (κ2) is 5.27. The molecule has 0 spiro atoms. The highest BCUT2D eigenvalue weighted by molar-refractivity contribution is 5.82. The molecule has 3 N–H and O–H groups in total. The maximum atomic E-state index is 10.0. The van der Waals surface area contributed by atoms with E-state index in [1.165, 1.54) is 22.1 Å². The SMILES string of the molecule is OC[C@]1(NCc2cccc3[nH]ccc23)CCc2ccccc21. The summed E-state index contributed by atoms with van der Waals surface area (Å²) in [6, 6.07) is 16.9. The highest BCUT2D eigenvalue weighted by Crippen LogP contribution is 2.36. The predicted octanol–water partition coefficient (Wildman–Crippen LogP) is 3.09. The van der Waals surface area contributed by atoms with E-state index >= 15 is 0 Å². The summed E-state index contributed by atoms with van der Waals surface area (Å²) in [7, 11) is 0. The summed E-state index contributed by atoms with van der Waals surface area (Å²) in [6.45, 7) is 0.886. The Morgan fingerprint density at radius 2 is 2.00 bits per heavy atom. The van der Waals surface area contributed by atoms with Gasteiger partial charge < -0.3 is 15.4 Å². The number of hydrogen-bond acceptors (Lipinski definition) is 2. The van der Waals surface area contributed by atoms with Crippen LogP contribution in [-0.4, -0.2) is 16.7 Å². The normalized spacial score (nSPS) is 20.4. The van der Waals surface area contributed by atoms with Gasteiger partial charge in [-0.15, -0.1) is 0 Å². The van der Waals surface area contributed by atoms with E-state index in [0.717, 1.165) is 24.9 Å². The minimum absolute atomic E-state index is 0.132. The molecule has 0 amide bonds. The molecular weight excluding hydrogens is 272 g/mol. The lowest BCUT2D eigenvalue weighted by atomic mass is 9.92. The molecule has 4 rings (SSSR count). The zero-order chi connectivity index (χ0) is 15.0. The summed E-state index contributed by atoms with van der Waals surface area (Å²) in [5.74, 6) is 0. The number of fused-ring (bicyclic) bond motifs is 2. The van der Waals surface area contributed by atoms with Crippen LogP contribution in [0.4, 0.5) is 0 Å². The van der Waals surface area contributed by atoms with Crippen molar-refractivity contribution < 1.29 is 5.11 Å². The Labute approximate surface area is 130 Å². The predicted molar refractivity (Wildman–Crippen MR) is 88.7 cm³/mol. The van der Waals surface area contributed by atoms with E-state index in [-0.39, 0.29) is 12.1 Å². The first-order valence-corrected chi connectivity index (χ1v) is 7.82. The molecule has 0 bridgehead atoms. The highest BCUT2D eigenvalue weighted by Gasteiger charge is 2.37. The molecule has 1 heterocycles. The number of hydrogen-bond donors (Lipinski definition) is 3. The van der Waals surface area contributed by atoms with E-state index in [2.05, 4.69) is 58.8 Å². The zero-order valence-corrected chi connectivity index (χ0v) is 12.5. The van der Waals surface area contributed by atoms with Crippen molar-refractivity contribution >= 4 is 10.9 Å². The lowest BCUT2D eigenvalue weighted by Crippen LogP contribution is -2.43. The van der Waals surface area contributed by atoms with Gasteiger partial charge in [-0.05, 0) is 41.7 Å². The number of rotatable bonds is 4. The fourth-order valence-corrected chi connectivity index (χ4v) is 3.66. The molecule has 3 aromatic rings. The van der Waals surface area contributed by atoms with E-state index in [9.17, 15) is 5.11 Å². The number of benzene rings is 2. The Bertz CT molecular complexity index is 808. The van der Waals surface area contributed by atoms with Gasteiger partial charge in [-0.2, -0.15) is 0 Å². The van der Waals surface area contributed by atoms with Crippen LogP contribution in [0.2, 0.25) is 0 Å². The van der Waals surface area contributed by atoms with Crippen LogP contribution < -0.4 is 5.32 Å². The summed E-state index contributed by atoms with van der Waals surface area (Å²) in [6.07, 6.45) is 3.95. The van der Waals surface area contributed by atoms with Gasteiger partial charge in [0.15, 0.2) is 0 Å². The number of aromatic amines is 1. The third-order valence-electron chi connectivity index (χ3n) is 4.93. The zero-order valence-electron chi connectivity index (χ0n) is 12.5. The quantitative estimate of drug-likeness (QED) is 0.692. The molecular formula is C19H20N2O. The van der Waals surface area contributed by atoms with Gasteiger partial charge in [0.1, 0.15) is 0 Å². The van der Waals surface area contributed by atoms with Crippen LogP contribution in [0.15, 0.2) is 54.7 Å². The van der Waals surface area contributed by atoms with Crippen molar-refractivity contribution in [1.82, 2.24) is 10.3 Å². The first-order chi connectivity index (χ1) is 10.8. The molecule has 112 valence electrons. The Hall–Kier alpha value is -2.10. The topological polar surface area (TPSA) is 48.0 Å². The van der Waals surface area contributed by atoms with Crippen molar-refractivity contribution in [3.05, 3.63) is 71.4 Å². The van der Waals surface area contributed by atoms with Crippen LogP contribution in [0.5, 0.6) is 0 Å². The van der Waals surface area contributed by atoms with Gasteiger partial charge in [-0.25, -0.2) is 0 Å². The van der Waals surface area contributed by atoms with Gasteiger partial charge in [0.2, 0.25) is 0 Å². The van der Waals surface area contributed by atoms with Gasteiger partial charge in [-0.3, -0.25) is 0 Å². The maximum absolute atomic E-state index is 10.0. The minimum Gasteiger partial charge on any atom is -0.394 e. The first kappa shape index (κ1) is 13.6. The smallest absolute Gasteiger partial charge is 0.0677 e. The molecule has 0 saturated carbocycles. The monoisotopic (exact) mass is 292 g/mol. The molecule has 3 heteroatoms. The molecule has 1 aromatic heterocycles. The van der Waals surface area contributed by atoms with Crippen molar-refractivity contribution in [2.75, 3.05) is 6.61 Å². The summed E-state index contributed by atoms with van der Waals surface area (Å²) >= 11 is 0. The van der Waals surface area contributed by atoms with Crippen LogP contribution in [0.3, 0.4) is 0 Å². The Morgan fingerprint density at radius 1 is 1.09 bits per heavy atom. The second-order valence-electron chi connectivity index (χ2n) is 6.11. The molecule has 22 heavy (non-hydrogen) atoms. The van der Waals surface area contributed by atoms with Crippen molar-refractivity contribution in [2.24, 2.45) is 0 Å². The summed E-state index contributed by atoms with van der Waals surface area (Å²) in [5, 5.41) is 14.9. The minimum atomic E-state index is -0.310. The van der Waals surface area contributed by atoms with Crippen molar-refractivity contribution in [2.45, 2.75) is 24.9 Å². The molecule has 1 aliphatic rings. The van der Waals surface area contributed by atoms with E-state index in [1.54, 1.807) is 0 Å². The molecule has 1 aliphatic carbocycles. The number of aliphatic hydroxyl groups excluding tert-OH is 1. The van der Waals surface area contributed by atoms with Crippen LogP contribution >= 0.6 is 0 Å². The third-order valence-corrected chi connectivity index (χ3v) is 4.93. The van der Waals surface area contributed by atoms with Crippen molar-refractivity contribution in [3.63, 3.8) is 0 Å². The van der Waals surface area contributed by atoms with Gasteiger partial charge in [0.25, 0.3) is 0 Å². The Balaban J connectivity index is 1.64. The van der Waals surface area contributed by atoms with E-state index in [0.29, 0.717) is 0 Å². The van der Waals surface area contributed by atoms with E-state index in [4.69, 9.17) is 0 Å². The molecule has 0 aliphatic heterocycles. The van der Waals surface area contributed by atoms with Crippen molar-refractivity contribution in [3.8, 4) is 0 Å². The fourth-order valence-electron chi connectivity index (χ4n) is 3.66. The average molecular weight is 292 g/mol. The standard InChI is InChI=1S/C19H20N2O/c22-13-19(10-8-14-4-1-2-6-17(14)19)21-12-15-5-3-7-18-16(15)9-11-20-18/h1-7,9,11,20-22H,8,10,12-13H2/t19-/m1/s1. The van der Waals surface area contributed by atoms with Gasteiger partial charge in [0.05, 0.1) is 12.1 Å². The maximum Gasteiger partial charge on any atom is 0.0677 e. The van der Waals surface area contributed by atoms with E-state index < -0.39 is 0 Å². The average Bonchev–Trinajstić information content (AvgIpc) is 3.18. The van der Waals surface area contributed by atoms with E-state index in [1.807, 2.05) is 6.20 Å². The van der Waals surface area contributed by atoms with Crippen LogP contribution in [-0.2, 0) is 18.5 Å². The Morgan fingerprint density at radius 3 is 2.91 bits per heavy atom. The first-order valence-electron chi connectivity index (χ1n) is 7.82. The van der Waals surface area contributed by atoms with Gasteiger partial charge in [-0.1, -0.05) is 36.4 Å². The van der Waals surface area contributed by atoms with Gasteiger partial charge in [0, 0.05) is 23.6 Å². The summed E-state index contributed by atoms with van der Waals surface area (Å²) in [5.41, 5.74) is 4.71. The molecule has 0 unspecified atom stereocenters. The molecule has 0 saturated heterocycles. The second-order valence-corrected chi connectivity index (χ2v) is 6.11. The number of aliphatic hydroxyl groups is 1. The summed E-state index contributed by atoms with van der Waals surface area (Å²) in [4.78, 5) is 3.25. The molecule has 1 atom stereocenters. The van der Waals surface area contributed by atoms with Gasteiger partial charge >= 0.3 is 0 Å².